The first-order valence-corrected chi connectivity index (χ1v) is 15.6. The van der Waals surface area contributed by atoms with E-state index in [1.54, 1.807) is 13.0 Å². The van der Waals surface area contributed by atoms with Gasteiger partial charge in [0.1, 0.15) is 29.7 Å². The number of ketones is 1. The van der Waals surface area contributed by atoms with Gasteiger partial charge < -0.3 is 38.6 Å². The van der Waals surface area contributed by atoms with Crippen LogP contribution in [0, 0.1) is 23.6 Å². The molecule has 0 spiro atoms. The highest BCUT2D eigenvalue weighted by atomic mass is 19.1. The summed E-state index contributed by atoms with van der Waals surface area (Å²) in [6.45, 7) is 9.59. The monoisotopic (exact) mass is 648 g/mol. The normalized spacial score (nSPS) is 36.5. The van der Waals surface area contributed by atoms with Gasteiger partial charge in [0.15, 0.2) is 23.1 Å². The first kappa shape index (κ1) is 31.6. The molecule has 3 unspecified atom stereocenters. The number of hydrogen-bond donors (Lipinski definition) is 2. The Bertz CT molecular complexity index is 1740. The van der Waals surface area contributed by atoms with Crippen LogP contribution in [0.25, 0.3) is 0 Å². The first-order valence-electron chi connectivity index (χ1n) is 15.6. The van der Waals surface area contributed by atoms with Crippen LogP contribution in [0.3, 0.4) is 0 Å². The molecule has 0 amide bonds. The summed E-state index contributed by atoms with van der Waals surface area (Å²) < 4.78 is 50.4. The van der Waals surface area contributed by atoms with Crippen molar-refractivity contribution in [1.82, 2.24) is 0 Å². The summed E-state index contributed by atoms with van der Waals surface area (Å²) in [5, 5.41) is 22.1. The van der Waals surface area contributed by atoms with Crippen LogP contribution < -0.4 is 9.47 Å². The number of methoxy groups -OCH3 is 1. The molecule has 10 nitrogen and oxygen atoms in total. The molecule has 248 valence electrons. The van der Waals surface area contributed by atoms with Gasteiger partial charge in [0.25, 0.3) is 5.97 Å². The minimum absolute atomic E-state index is 0.132. The molecule has 47 heavy (non-hydrogen) atoms. The van der Waals surface area contributed by atoms with Crippen molar-refractivity contribution in [2.75, 3.05) is 13.7 Å². The number of benzene rings is 2. The summed E-state index contributed by atoms with van der Waals surface area (Å²) in [7, 11) is 1.23. The van der Waals surface area contributed by atoms with E-state index in [0.29, 0.717) is 17.6 Å². The average molecular weight is 649 g/mol. The van der Waals surface area contributed by atoms with Crippen LogP contribution in [0.4, 0.5) is 9.18 Å². The van der Waals surface area contributed by atoms with Crippen LogP contribution in [0.5, 0.6) is 17.2 Å². The second-order valence-electron chi connectivity index (χ2n) is 13.4. The number of carbonyl (C=O) groups excluding carboxylic acids is 2. The lowest BCUT2D eigenvalue weighted by atomic mass is 9.55. The fourth-order valence-corrected chi connectivity index (χ4v) is 8.53. The largest absolute Gasteiger partial charge is 0.514 e. The Labute approximate surface area is 271 Å². The molecule has 8 atom stereocenters. The fourth-order valence-electron chi connectivity index (χ4n) is 8.53. The predicted molar refractivity (Wildman–Crippen MR) is 164 cm³/mol. The Balaban J connectivity index is 1.26. The highest BCUT2D eigenvalue weighted by Gasteiger charge is 2.79. The van der Waals surface area contributed by atoms with Crippen molar-refractivity contribution in [3.8, 4) is 17.2 Å². The fraction of sp³-hybridized carbons (Fsp3) is 0.444. The Morgan fingerprint density at radius 1 is 1.17 bits per heavy atom. The number of aromatic hydroxyl groups is 1. The quantitative estimate of drug-likeness (QED) is 0.231. The minimum atomic E-state index is -1.90. The number of fused-ring (bicyclic) bond motifs is 2. The second-order valence-corrected chi connectivity index (χ2v) is 13.4. The summed E-state index contributed by atoms with van der Waals surface area (Å²) in [4.78, 5) is 26.5. The van der Waals surface area contributed by atoms with Crippen molar-refractivity contribution in [3.63, 3.8) is 0 Å². The molecule has 2 saturated heterocycles. The molecular weight excluding hydrogens is 611 g/mol. The standard InChI is InChI=1S/C36H37FO10/c1-19(2)34-15-21(4)36-25(31(34)45-35(46-34,47-36)17-22-9-7-6-8-10-22)12-23(16-33(41)28(36)11-20(3)30(33)39)18-43-32(40)44-24-13-26(37)29(38)27(14-24)42-5/h6-14,21,25,28,31,38,41H,1,15-18H2,2-5H3/t21-,25+,28-,31?,33-,34-,35?,36?/m1/s1. The third-order valence-electron chi connectivity index (χ3n) is 10.5. The van der Waals surface area contributed by atoms with Crippen molar-refractivity contribution < 1.29 is 52.6 Å². The number of hydrogen-bond acceptors (Lipinski definition) is 10. The van der Waals surface area contributed by atoms with Gasteiger partial charge >= 0.3 is 6.16 Å². The summed E-state index contributed by atoms with van der Waals surface area (Å²) >= 11 is 0. The van der Waals surface area contributed by atoms with Gasteiger partial charge in [-0.2, -0.15) is 0 Å². The molecule has 2 aromatic carbocycles. The molecule has 7 rings (SSSR count). The molecule has 2 aliphatic heterocycles. The van der Waals surface area contributed by atoms with Crippen LogP contribution in [-0.2, 0) is 30.2 Å². The Kier molecular flexibility index (Phi) is 7.22. The van der Waals surface area contributed by atoms with Crippen molar-refractivity contribution in [2.24, 2.45) is 17.8 Å². The van der Waals surface area contributed by atoms with Crippen LogP contribution in [0.15, 0.2) is 77.9 Å². The number of carbonyl (C=O) groups is 2. The zero-order valence-corrected chi connectivity index (χ0v) is 26.6. The lowest BCUT2D eigenvalue weighted by Crippen LogP contribution is -2.70. The van der Waals surface area contributed by atoms with E-state index >= 15 is 0 Å². The zero-order chi connectivity index (χ0) is 33.5. The van der Waals surface area contributed by atoms with E-state index in [1.165, 1.54) is 7.11 Å². The van der Waals surface area contributed by atoms with Crippen LogP contribution in [0.2, 0.25) is 0 Å². The van der Waals surface area contributed by atoms with Crippen LogP contribution in [-0.4, -0.2) is 64.7 Å². The maximum atomic E-state index is 14.1. The Morgan fingerprint density at radius 3 is 2.62 bits per heavy atom. The van der Waals surface area contributed by atoms with E-state index in [4.69, 9.17) is 28.4 Å². The summed E-state index contributed by atoms with van der Waals surface area (Å²) in [6, 6.07) is 11.7. The van der Waals surface area contributed by atoms with E-state index in [9.17, 15) is 24.2 Å². The third kappa shape index (κ3) is 4.58. The van der Waals surface area contributed by atoms with E-state index in [1.807, 2.05) is 50.3 Å². The Morgan fingerprint density at radius 2 is 1.91 bits per heavy atom. The molecule has 3 fully saturated rings. The maximum absolute atomic E-state index is 14.1. The maximum Gasteiger partial charge on any atom is 0.514 e. The number of halogens is 1. The van der Waals surface area contributed by atoms with Gasteiger partial charge in [-0.15, -0.1) is 0 Å². The molecule has 11 heteroatoms. The summed E-state index contributed by atoms with van der Waals surface area (Å²) in [5.41, 5.74) is -1.38. The Hall–Kier alpha value is -4.03. The van der Waals surface area contributed by atoms with Crippen molar-refractivity contribution >= 4 is 11.9 Å². The number of phenolic OH excluding ortho intramolecular Hbond substituents is 1. The summed E-state index contributed by atoms with van der Waals surface area (Å²) in [5.74, 6) is -5.70. The molecule has 0 aromatic heterocycles. The van der Waals surface area contributed by atoms with Crippen molar-refractivity contribution in [3.05, 3.63) is 89.3 Å². The highest BCUT2D eigenvalue weighted by molar-refractivity contribution is 6.04. The average Bonchev–Trinajstić information content (AvgIpc) is 3.33. The van der Waals surface area contributed by atoms with Gasteiger partial charge in [-0.3, -0.25) is 4.79 Å². The minimum Gasteiger partial charge on any atom is -0.502 e. The molecule has 0 radical (unpaired) electrons. The number of phenols is 1. The van der Waals surface area contributed by atoms with Crippen LogP contribution >= 0.6 is 0 Å². The van der Waals surface area contributed by atoms with Gasteiger partial charge in [0, 0.05) is 30.4 Å². The smallest absolute Gasteiger partial charge is 0.502 e. The van der Waals surface area contributed by atoms with Gasteiger partial charge in [0.05, 0.1) is 19.1 Å². The summed E-state index contributed by atoms with van der Waals surface area (Å²) in [6.07, 6.45) is 2.56. The number of aliphatic hydroxyl groups is 1. The predicted octanol–water partition coefficient (Wildman–Crippen LogP) is 5.31. The lowest BCUT2D eigenvalue weighted by Gasteiger charge is -2.59. The van der Waals surface area contributed by atoms with Gasteiger partial charge in [0.2, 0.25) is 0 Å². The number of Topliss-reactive ketones (excluding diaryl/α,β-unsaturated/α-hetero) is 1. The number of ether oxygens (including phenoxy) is 6. The van der Waals surface area contributed by atoms with Crippen LogP contribution in [0.1, 0.15) is 39.2 Å². The lowest BCUT2D eigenvalue weighted by molar-refractivity contribution is -0.421. The molecule has 2 aromatic rings. The van der Waals surface area contributed by atoms with Gasteiger partial charge in [-0.05, 0) is 48.5 Å². The van der Waals surface area contributed by atoms with E-state index in [-0.39, 0.29) is 36.9 Å². The van der Waals surface area contributed by atoms with Gasteiger partial charge in [-0.1, -0.05) is 56.0 Å². The number of rotatable bonds is 7. The van der Waals surface area contributed by atoms with Gasteiger partial charge in [-0.25, -0.2) is 9.18 Å². The zero-order valence-electron chi connectivity index (χ0n) is 26.6. The first-order chi connectivity index (χ1) is 22.3. The van der Waals surface area contributed by atoms with Crippen molar-refractivity contribution in [2.45, 2.75) is 68.9 Å². The molecule has 3 bridgehead atoms. The van der Waals surface area contributed by atoms with Crippen molar-refractivity contribution in [1.29, 1.82) is 0 Å². The highest BCUT2D eigenvalue weighted by Crippen LogP contribution is 2.68. The molecule has 2 heterocycles. The molecular formula is C36H37FO10. The van der Waals surface area contributed by atoms with E-state index in [0.717, 1.165) is 23.3 Å². The van der Waals surface area contributed by atoms with E-state index in [2.05, 4.69) is 6.58 Å². The molecule has 1 saturated carbocycles. The second kappa shape index (κ2) is 10.7. The molecule has 5 aliphatic rings. The molecule has 3 aliphatic carbocycles. The SMILES string of the molecule is C=C(C)[C@]12C[C@@H](C)C34OC(Cc5ccccc5)(OC1[C@@H]3C=C(COC(=O)Oc1cc(F)c(O)c(OC)c1)C[C@]1(O)C(=O)C(C)=C[C@@H]41)O2. The van der Waals surface area contributed by atoms with E-state index < -0.39 is 64.2 Å². The molecule has 2 N–H and O–H groups in total. The third-order valence-corrected chi connectivity index (χ3v) is 10.5. The topological polar surface area (TPSA) is 130 Å².